The molecule has 6 nitrogen and oxygen atoms in total. The molecule has 164 valence electrons. The highest BCUT2D eigenvalue weighted by Gasteiger charge is 2.13. The van der Waals surface area contributed by atoms with Gasteiger partial charge in [0.2, 0.25) is 0 Å². The number of carbonyl (C=O) groups is 1. The number of hydrogen-bond donors (Lipinski definition) is 2. The summed E-state index contributed by atoms with van der Waals surface area (Å²) in [4.78, 5) is 28.4. The molecule has 3 heterocycles. The van der Waals surface area contributed by atoms with Crippen LogP contribution in [0.5, 0.6) is 0 Å². The molecule has 5 aromatic rings. The van der Waals surface area contributed by atoms with E-state index >= 15 is 0 Å². The quantitative estimate of drug-likeness (QED) is 0.349. The summed E-state index contributed by atoms with van der Waals surface area (Å²) in [5, 5.41) is 5.36. The largest absolute Gasteiger partial charge is 0.360 e. The van der Waals surface area contributed by atoms with Gasteiger partial charge in [0.1, 0.15) is 11.5 Å². The zero-order valence-electron chi connectivity index (χ0n) is 17.1. The fourth-order valence-electron chi connectivity index (χ4n) is 3.63. The SMILES string of the molecule is O=C(NCc1cc2c(Cl)c[nH]c2cc1F)c1cncc(Cc2ccc3ncc(Cl)cc3c2)n1. The van der Waals surface area contributed by atoms with Gasteiger partial charge < -0.3 is 10.3 Å². The number of nitrogens with zero attached hydrogens (tertiary/aromatic N) is 3. The highest BCUT2D eigenvalue weighted by atomic mass is 35.5. The van der Waals surface area contributed by atoms with Gasteiger partial charge in [-0.3, -0.25) is 14.8 Å². The Bertz CT molecular complexity index is 1520. The molecule has 0 spiro atoms. The lowest BCUT2D eigenvalue weighted by Crippen LogP contribution is -2.24. The molecule has 0 atom stereocenters. The van der Waals surface area contributed by atoms with Crippen molar-refractivity contribution in [3.8, 4) is 0 Å². The van der Waals surface area contributed by atoms with E-state index in [1.165, 1.54) is 12.3 Å². The van der Waals surface area contributed by atoms with E-state index in [-0.39, 0.29) is 12.2 Å². The van der Waals surface area contributed by atoms with Crippen LogP contribution in [-0.4, -0.2) is 25.8 Å². The van der Waals surface area contributed by atoms with Gasteiger partial charge in [-0.05, 0) is 35.9 Å². The van der Waals surface area contributed by atoms with Gasteiger partial charge in [-0.1, -0.05) is 29.3 Å². The van der Waals surface area contributed by atoms with Crippen LogP contribution in [0.25, 0.3) is 21.8 Å². The van der Waals surface area contributed by atoms with Crippen molar-refractivity contribution in [3.63, 3.8) is 0 Å². The lowest BCUT2D eigenvalue weighted by molar-refractivity contribution is 0.0945. The smallest absolute Gasteiger partial charge is 0.271 e. The van der Waals surface area contributed by atoms with E-state index in [0.717, 1.165) is 16.5 Å². The molecule has 0 saturated heterocycles. The molecular formula is C24H16Cl2FN5O. The molecule has 0 bridgehead atoms. The van der Waals surface area contributed by atoms with Crippen LogP contribution in [0.4, 0.5) is 4.39 Å². The molecule has 0 radical (unpaired) electrons. The Balaban J connectivity index is 1.31. The molecule has 9 heteroatoms. The van der Waals surface area contributed by atoms with Gasteiger partial charge in [0.05, 0.1) is 27.5 Å². The molecule has 33 heavy (non-hydrogen) atoms. The molecule has 0 aliphatic heterocycles. The molecule has 0 aliphatic carbocycles. The van der Waals surface area contributed by atoms with Crippen LogP contribution in [-0.2, 0) is 13.0 Å². The highest BCUT2D eigenvalue weighted by Crippen LogP contribution is 2.26. The first kappa shape index (κ1) is 21.3. The average Bonchev–Trinajstić information content (AvgIpc) is 3.16. The van der Waals surface area contributed by atoms with Crippen LogP contribution in [0.1, 0.15) is 27.3 Å². The second kappa shape index (κ2) is 8.77. The maximum absolute atomic E-state index is 14.4. The van der Waals surface area contributed by atoms with E-state index in [2.05, 4.69) is 25.3 Å². The van der Waals surface area contributed by atoms with Gasteiger partial charge in [-0.2, -0.15) is 0 Å². The van der Waals surface area contributed by atoms with E-state index in [9.17, 15) is 9.18 Å². The number of H-pyrrole nitrogens is 1. The molecule has 0 unspecified atom stereocenters. The molecule has 0 fully saturated rings. The number of pyridine rings is 1. The summed E-state index contributed by atoms with van der Waals surface area (Å²) in [6.45, 7) is -0.00748. The van der Waals surface area contributed by atoms with Crippen molar-refractivity contribution in [2.45, 2.75) is 13.0 Å². The minimum absolute atomic E-state index is 0.00748. The third-order valence-electron chi connectivity index (χ3n) is 5.25. The first-order valence-corrected chi connectivity index (χ1v) is 10.8. The predicted molar refractivity (Wildman–Crippen MR) is 126 cm³/mol. The first-order valence-electron chi connectivity index (χ1n) is 10.0. The predicted octanol–water partition coefficient (Wildman–Crippen LogP) is 5.47. The fraction of sp³-hybridized carbons (Fsp3) is 0.0833. The molecule has 3 aromatic heterocycles. The number of carbonyl (C=O) groups excluding carboxylic acids is 1. The fourth-order valence-corrected chi connectivity index (χ4v) is 4.01. The van der Waals surface area contributed by atoms with E-state index < -0.39 is 11.7 Å². The van der Waals surface area contributed by atoms with E-state index in [4.69, 9.17) is 23.2 Å². The normalized spacial score (nSPS) is 11.2. The Kier molecular flexibility index (Phi) is 5.66. The maximum Gasteiger partial charge on any atom is 0.271 e. The van der Waals surface area contributed by atoms with Gasteiger partial charge in [0.15, 0.2) is 0 Å². The van der Waals surface area contributed by atoms with Gasteiger partial charge in [-0.15, -0.1) is 0 Å². The summed E-state index contributed by atoms with van der Waals surface area (Å²) in [6, 6.07) is 10.7. The van der Waals surface area contributed by atoms with Crippen molar-refractivity contribution < 1.29 is 9.18 Å². The average molecular weight is 480 g/mol. The minimum atomic E-state index is -0.446. The Labute approximate surface area is 197 Å². The first-order chi connectivity index (χ1) is 16.0. The lowest BCUT2D eigenvalue weighted by atomic mass is 10.1. The Morgan fingerprint density at radius 1 is 1.09 bits per heavy atom. The zero-order valence-corrected chi connectivity index (χ0v) is 18.6. The molecule has 2 aromatic carbocycles. The van der Waals surface area contributed by atoms with Crippen molar-refractivity contribution >= 4 is 50.9 Å². The standard InChI is InChI=1S/C24H16Cl2FN5O/c25-16-5-14-3-13(1-2-21(14)29-9-16)4-17-10-28-12-23(32-17)24(33)31-8-15-6-18-19(26)11-30-22(18)7-20(15)27/h1-3,5-7,9-12,30H,4,8H2,(H,31,33). The van der Waals surface area contributed by atoms with Gasteiger partial charge in [0.25, 0.3) is 5.91 Å². The summed E-state index contributed by atoms with van der Waals surface area (Å²) in [5.74, 6) is -0.884. The Hall–Kier alpha value is -3.55. The second-order valence-corrected chi connectivity index (χ2v) is 8.41. The summed E-state index contributed by atoms with van der Waals surface area (Å²) >= 11 is 12.2. The zero-order chi connectivity index (χ0) is 22.9. The number of fused-ring (bicyclic) bond motifs is 2. The molecule has 0 aliphatic rings. The number of nitrogens with one attached hydrogen (secondary N) is 2. The minimum Gasteiger partial charge on any atom is -0.360 e. The van der Waals surface area contributed by atoms with Gasteiger partial charge in [0, 0.05) is 53.4 Å². The number of hydrogen-bond acceptors (Lipinski definition) is 4. The molecule has 2 N–H and O–H groups in total. The number of aromatic amines is 1. The molecule has 5 rings (SSSR count). The van der Waals surface area contributed by atoms with Crippen molar-refractivity contribution in [2.75, 3.05) is 0 Å². The van der Waals surface area contributed by atoms with Crippen molar-refractivity contribution in [2.24, 2.45) is 0 Å². The molecule has 0 saturated carbocycles. The van der Waals surface area contributed by atoms with Crippen molar-refractivity contribution in [1.29, 1.82) is 0 Å². The van der Waals surface area contributed by atoms with Crippen molar-refractivity contribution in [1.82, 2.24) is 25.3 Å². The van der Waals surface area contributed by atoms with E-state index in [1.807, 2.05) is 24.3 Å². The van der Waals surface area contributed by atoms with Gasteiger partial charge >= 0.3 is 0 Å². The second-order valence-electron chi connectivity index (χ2n) is 7.56. The summed E-state index contributed by atoms with van der Waals surface area (Å²) in [6.07, 6.45) is 6.67. The highest BCUT2D eigenvalue weighted by molar-refractivity contribution is 6.35. The number of rotatable bonds is 5. The van der Waals surface area contributed by atoms with Crippen molar-refractivity contribution in [3.05, 3.63) is 99.6 Å². The summed E-state index contributed by atoms with van der Waals surface area (Å²) in [7, 11) is 0. The third-order valence-corrected chi connectivity index (χ3v) is 5.77. The van der Waals surface area contributed by atoms with Crippen LogP contribution in [0.2, 0.25) is 10.0 Å². The van der Waals surface area contributed by atoms with E-state index in [0.29, 0.717) is 38.6 Å². The maximum atomic E-state index is 14.4. The van der Waals surface area contributed by atoms with Gasteiger partial charge in [-0.25, -0.2) is 9.37 Å². The molecular weight excluding hydrogens is 464 g/mol. The molecule has 1 amide bonds. The third kappa shape index (κ3) is 4.51. The lowest BCUT2D eigenvalue weighted by Gasteiger charge is -2.08. The number of benzene rings is 2. The van der Waals surface area contributed by atoms with E-state index in [1.54, 1.807) is 24.7 Å². The van der Waals surface area contributed by atoms with Crippen LogP contribution in [0, 0.1) is 5.82 Å². The number of aromatic nitrogens is 4. The Morgan fingerprint density at radius 2 is 1.97 bits per heavy atom. The van der Waals surface area contributed by atoms with Crippen LogP contribution < -0.4 is 5.32 Å². The monoisotopic (exact) mass is 479 g/mol. The number of amides is 1. The Morgan fingerprint density at radius 3 is 2.85 bits per heavy atom. The van der Waals surface area contributed by atoms with Crippen LogP contribution in [0.3, 0.4) is 0 Å². The van der Waals surface area contributed by atoms with Crippen LogP contribution >= 0.6 is 23.2 Å². The summed E-state index contributed by atoms with van der Waals surface area (Å²) in [5.41, 5.74) is 3.52. The van der Waals surface area contributed by atoms with Crippen LogP contribution in [0.15, 0.2) is 61.2 Å². The number of halogens is 3. The summed E-state index contributed by atoms with van der Waals surface area (Å²) < 4.78 is 14.4. The topological polar surface area (TPSA) is 83.6 Å².